The number of piperidine rings is 1. The van der Waals surface area contributed by atoms with Gasteiger partial charge in [0.25, 0.3) is 0 Å². The summed E-state index contributed by atoms with van der Waals surface area (Å²) >= 11 is 0. The molecule has 3 nitrogen and oxygen atoms in total. The van der Waals surface area contributed by atoms with Crippen molar-refractivity contribution in [2.75, 3.05) is 6.61 Å². The Morgan fingerprint density at radius 1 is 1.16 bits per heavy atom. The maximum atomic E-state index is 12.1. The predicted octanol–water partition coefficient (Wildman–Crippen LogP) is 4.75. The molecular weight excluding hydrogens is 310 g/mol. The summed E-state index contributed by atoms with van der Waals surface area (Å²) in [6.45, 7) is 7.69. The van der Waals surface area contributed by atoms with Gasteiger partial charge < -0.3 is 10.1 Å². The van der Waals surface area contributed by atoms with Crippen LogP contribution in [0.1, 0.15) is 64.9 Å². The van der Waals surface area contributed by atoms with Gasteiger partial charge in [0.15, 0.2) is 0 Å². The van der Waals surface area contributed by atoms with E-state index in [1.807, 2.05) is 18.2 Å². The first-order valence-electron chi connectivity index (χ1n) is 10.0. The lowest BCUT2D eigenvalue weighted by Gasteiger charge is -2.42. The third-order valence-corrected chi connectivity index (χ3v) is 5.60. The summed E-state index contributed by atoms with van der Waals surface area (Å²) in [7, 11) is 0. The van der Waals surface area contributed by atoms with E-state index < -0.39 is 0 Å². The molecule has 0 bridgehead atoms. The Balaban J connectivity index is 1.79. The molecule has 1 aromatic carbocycles. The minimum Gasteiger partial charge on any atom is -0.377 e. The second kappa shape index (κ2) is 10.7. The van der Waals surface area contributed by atoms with Crippen molar-refractivity contribution in [1.82, 2.24) is 5.32 Å². The third-order valence-electron chi connectivity index (χ3n) is 5.60. The van der Waals surface area contributed by atoms with Crippen LogP contribution in [0.2, 0.25) is 0 Å². The first-order valence-corrected chi connectivity index (χ1v) is 10.0. The molecule has 0 unspecified atom stereocenters. The van der Waals surface area contributed by atoms with Crippen LogP contribution in [0, 0.1) is 11.8 Å². The van der Waals surface area contributed by atoms with Crippen LogP contribution < -0.4 is 5.32 Å². The molecule has 2 rings (SSSR count). The van der Waals surface area contributed by atoms with Crippen LogP contribution >= 0.6 is 0 Å². The summed E-state index contributed by atoms with van der Waals surface area (Å²) in [5.41, 5.74) is 1.22. The normalized spacial score (nSPS) is 26.5. The number of rotatable bonds is 10. The number of carbonyl (C=O) groups excluding carboxylic acids is 1. The second-order valence-corrected chi connectivity index (χ2v) is 7.47. The number of ether oxygens (including phenoxy) is 1. The van der Waals surface area contributed by atoms with Gasteiger partial charge in [-0.1, -0.05) is 57.0 Å². The van der Waals surface area contributed by atoms with Crippen LogP contribution in [-0.4, -0.2) is 24.5 Å². The Labute approximate surface area is 153 Å². The topological polar surface area (TPSA) is 38.3 Å². The Kier molecular flexibility index (Phi) is 8.63. The predicted molar refractivity (Wildman–Crippen MR) is 104 cm³/mol. The summed E-state index contributed by atoms with van der Waals surface area (Å²) in [6, 6.07) is 11.2. The fraction of sp³-hybridized carbons (Fsp3) is 0.682. The van der Waals surface area contributed by atoms with E-state index in [4.69, 9.17) is 4.74 Å². The van der Waals surface area contributed by atoms with Crippen molar-refractivity contribution < 1.29 is 9.53 Å². The fourth-order valence-corrected chi connectivity index (χ4v) is 4.17. The molecule has 1 aliphatic rings. The average molecular weight is 346 g/mol. The molecule has 0 aromatic heterocycles. The Morgan fingerprint density at radius 3 is 2.56 bits per heavy atom. The molecule has 1 fully saturated rings. The molecule has 4 atom stereocenters. The molecule has 1 heterocycles. The third kappa shape index (κ3) is 6.23. The lowest BCUT2D eigenvalue weighted by molar-refractivity contribution is -0.123. The molecule has 1 aromatic rings. The number of benzene rings is 1. The first-order chi connectivity index (χ1) is 12.2. The van der Waals surface area contributed by atoms with Crippen LogP contribution in [0.4, 0.5) is 0 Å². The summed E-state index contributed by atoms with van der Waals surface area (Å²) in [5, 5.41) is 3.82. The highest BCUT2D eigenvalue weighted by Crippen LogP contribution is 2.32. The lowest BCUT2D eigenvalue weighted by Crippen LogP contribution is -2.53. The van der Waals surface area contributed by atoms with E-state index in [0.717, 1.165) is 32.3 Å². The molecular formula is C22H35NO2. The number of hydrogen-bond acceptors (Lipinski definition) is 3. The largest absolute Gasteiger partial charge is 0.377 e. The average Bonchev–Trinajstić information content (AvgIpc) is 2.62. The maximum Gasteiger partial charge on any atom is 0.134 e. The molecule has 140 valence electrons. The Bertz CT molecular complexity index is 502. The van der Waals surface area contributed by atoms with Crippen LogP contribution in [0.3, 0.4) is 0 Å². The van der Waals surface area contributed by atoms with Gasteiger partial charge in [0.2, 0.25) is 0 Å². The van der Waals surface area contributed by atoms with Crippen molar-refractivity contribution in [3.63, 3.8) is 0 Å². The number of carbonyl (C=O) groups is 1. The quantitative estimate of drug-likeness (QED) is 0.622. The summed E-state index contributed by atoms with van der Waals surface area (Å²) in [4.78, 5) is 12.1. The molecule has 0 spiro atoms. The summed E-state index contributed by atoms with van der Waals surface area (Å²) in [6.07, 6.45) is 6.66. The number of nitrogens with one attached hydrogen (secondary N) is 1. The zero-order chi connectivity index (χ0) is 18.1. The van der Waals surface area contributed by atoms with E-state index in [9.17, 15) is 4.79 Å². The van der Waals surface area contributed by atoms with Crippen molar-refractivity contribution in [3.05, 3.63) is 35.9 Å². The molecule has 0 amide bonds. The summed E-state index contributed by atoms with van der Waals surface area (Å²) < 4.78 is 5.81. The monoisotopic (exact) mass is 345 g/mol. The number of ketones is 1. The Hall–Kier alpha value is -1.19. The molecule has 3 heteroatoms. The van der Waals surface area contributed by atoms with E-state index in [0.29, 0.717) is 30.4 Å². The molecule has 1 N–H and O–H groups in total. The van der Waals surface area contributed by atoms with Gasteiger partial charge in [-0.25, -0.2) is 0 Å². The van der Waals surface area contributed by atoms with Crippen LogP contribution in [-0.2, 0) is 16.1 Å². The van der Waals surface area contributed by atoms with E-state index >= 15 is 0 Å². The van der Waals surface area contributed by atoms with Gasteiger partial charge in [-0.05, 0) is 44.1 Å². The second-order valence-electron chi connectivity index (χ2n) is 7.47. The zero-order valence-electron chi connectivity index (χ0n) is 16.2. The van der Waals surface area contributed by atoms with Crippen LogP contribution in [0.5, 0.6) is 0 Å². The molecule has 1 aliphatic heterocycles. The van der Waals surface area contributed by atoms with Gasteiger partial charge in [0.05, 0.1) is 6.61 Å². The molecule has 0 aliphatic carbocycles. The SMILES string of the molecule is CCC[C@H]1N[C@@H](CCCOCc2ccccc2)[C@H](C(C)=O)C[C@H]1CC. The number of hydrogen-bond donors (Lipinski definition) is 1. The standard InChI is InChI=1S/C22H35NO2/c1-4-10-21-19(5-2)15-20(17(3)24)22(23-21)13-9-14-25-16-18-11-7-6-8-12-18/h6-8,11-12,19-23H,4-5,9-10,13-16H2,1-3H3/t19-,20+,21-,22+/m1/s1. The van der Waals surface area contributed by atoms with Crippen molar-refractivity contribution in [2.24, 2.45) is 11.8 Å². The van der Waals surface area contributed by atoms with Crippen molar-refractivity contribution in [2.45, 2.75) is 78.0 Å². The zero-order valence-corrected chi connectivity index (χ0v) is 16.2. The molecule has 1 saturated heterocycles. The van der Waals surface area contributed by atoms with Gasteiger partial charge in [0.1, 0.15) is 5.78 Å². The van der Waals surface area contributed by atoms with Crippen LogP contribution in [0.15, 0.2) is 30.3 Å². The van der Waals surface area contributed by atoms with Crippen molar-refractivity contribution >= 4 is 5.78 Å². The fourth-order valence-electron chi connectivity index (χ4n) is 4.17. The lowest BCUT2D eigenvalue weighted by atomic mass is 9.75. The highest BCUT2D eigenvalue weighted by Gasteiger charge is 2.36. The minimum absolute atomic E-state index is 0.173. The molecule has 0 radical (unpaired) electrons. The van der Waals surface area contributed by atoms with Crippen molar-refractivity contribution in [3.8, 4) is 0 Å². The van der Waals surface area contributed by atoms with Gasteiger partial charge in [-0.15, -0.1) is 0 Å². The first kappa shape index (κ1) is 20.1. The molecule has 25 heavy (non-hydrogen) atoms. The van der Waals surface area contributed by atoms with Crippen LogP contribution in [0.25, 0.3) is 0 Å². The smallest absolute Gasteiger partial charge is 0.134 e. The highest BCUT2D eigenvalue weighted by molar-refractivity contribution is 5.79. The van der Waals surface area contributed by atoms with Crippen molar-refractivity contribution in [1.29, 1.82) is 0 Å². The van der Waals surface area contributed by atoms with E-state index in [2.05, 4.69) is 31.3 Å². The maximum absolute atomic E-state index is 12.1. The number of Topliss-reactive ketones (excluding diaryl/α,β-unsaturated/α-hetero) is 1. The van der Waals surface area contributed by atoms with Gasteiger partial charge in [-0.3, -0.25) is 4.79 Å². The molecule has 0 saturated carbocycles. The van der Waals surface area contributed by atoms with Gasteiger partial charge >= 0.3 is 0 Å². The van der Waals surface area contributed by atoms with Gasteiger partial charge in [0, 0.05) is 24.6 Å². The van der Waals surface area contributed by atoms with E-state index in [1.165, 1.54) is 18.4 Å². The minimum atomic E-state index is 0.173. The summed E-state index contributed by atoms with van der Waals surface area (Å²) in [5.74, 6) is 1.16. The van der Waals surface area contributed by atoms with E-state index in [1.54, 1.807) is 6.92 Å². The van der Waals surface area contributed by atoms with E-state index in [-0.39, 0.29) is 5.92 Å². The Morgan fingerprint density at radius 2 is 1.92 bits per heavy atom. The highest BCUT2D eigenvalue weighted by atomic mass is 16.5. The van der Waals surface area contributed by atoms with Gasteiger partial charge in [-0.2, -0.15) is 0 Å².